The van der Waals surface area contributed by atoms with Gasteiger partial charge in [-0.05, 0) is 45.2 Å². The van der Waals surface area contributed by atoms with Crippen molar-refractivity contribution >= 4 is 11.5 Å². The predicted octanol–water partition coefficient (Wildman–Crippen LogP) is 3.00. The Morgan fingerprint density at radius 1 is 1.45 bits per heavy atom. The maximum Gasteiger partial charge on any atom is 0.314 e. The van der Waals surface area contributed by atoms with E-state index in [9.17, 15) is 10.1 Å². The smallest absolute Gasteiger partial charge is 0.314 e. The molecule has 22 heavy (non-hydrogen) atoms. The minimum atomic E-state index is -0.393. The van der Waals surface area contributed by atoms with E-state index in [0.717, 1.165) is 25.1 Å². The van der Waals surface area contributed by atoms with Crippen molar-refractivity contribution in [1.29, 1.82) is 0 Å². The van der Waals surface area contributed by atoms with Crippen molar-refractivity contribution in [2.24, 2.45) is 0 Å². The summed E-state index contributed by atoms with van der Waals surface area (Å²) >= 11 is 0. The molecular weight excluding hydrogens is 282 g/mol. The van der Waals surface area contributed by atoms with Gasteiger partial charge >= 0.3 is 5.69 Å². The molecule has 2 aromatic heterocycles. The molecule has 0 amide bonds. The molecule has 0 aliphatic carbocycles. The van der Waals surface area contributed by atoms with Crippen LogP contribution < -0.4 is 5.32 Å². The van der Waals surface area contributed by atoms with E-state index >= 15 is 0 Å². The first-order valence-electron chi connectivity index (χ1n) is 7.49. The Labute approximate surface area is 128 Å². The summed E-state index contributed by atoms with van der Waals surface area (Å²) in [4.78, 5) is 15.0. The first-order valence-corrected chi connectivity index (χ1v) is 7.49. The number of aryl methyl sites for hydroxylation is 3. The van der Waals surface area contributed by atoms with Crippen molar-refractivity contribution in [3.63, 3.8) is 0 Å². The number of nitrogens with one attached hydrogen (secondary N) is 1. The van der Waals surface area contributed by atoms with Gasteiger partial charge in [-0.3, -0.25) is 14.8 Å². The Morgan fingerprint density at radius 3 is 3.00 bits per heavy atom. The summed E-state index contributed by atoms with van der Waals surface area (Å²) in [7, 11) is 0. The molecule has 0 saturated carbocycles. The van der Waals surface area contributed by atoms with Gasteiger partial charge in [0.15, 0.2) is 0 Å². The zero-order valence-corrected chi connectivity index (χ0v) is 12.7. The number of anilines is 1. The molecule has 1 unspecified atom stereocenters. The summed E-state index contributed by atoms with van der Waals surface area (Å²) in [6, 6.07) is 3.59. The highest BCUT2D eigenvalue weighted by atomic mass is 16.6. The Hall–Kier alpha value is -2.44. The van der Waals surface area contributed by atoms with Crippen LogP contribution in [0.5, 0.6) is 0 Å². The van der Waals surface area contributed by atoms with Gasteiger partial charge in [0, 0.05) is 24.0 Å². The molecule has 2 aromatic rings. The molecule has 116 valence electrons. The summed E-state index contributed by atoms with van der Waals surface area (Å²) < 4.78 is 2.04. The van der Waals surface area contributed by atoms with Crippen molar-refractivity contribution < 1.29 is 4.92 Å². The predicted molar refractivity (Wildman–Crippen MR) is 82.8 cm³/mol. The molecule has 1 N–H and O–H groups in total. The van der Waals surface area contributed by atoms with Crippen molar-refractivity contribution in [3.8, 4) is 0 Å². The Bertz CT molecular complexity index is 686. The van der Waals surface area contributed by atoms with Crippen LogP contribution in [0.1, 0.15) is 42.8 Å². The van der Waals surface area contributed by atoms with Crippen molar-refractivity contribution in [1.82, 2.24) is 14.8 Å². The second-order valence-electron chi connectivity index (χ2n) is 5.69. The third-order valence-electron chi connectivity index (χ3n) is 4.04. The van der Waals surface area contributed by atoms with Gasteiger partial charge in [-0.1, -0.05) is 0 Å². The van der Waals surface area contributed by atoms with E-state index in [1.54, 1.807) is 19.2 Å². The number of fused-ring (bicyclic) bond motifs is 1. The van der Waals surface area contributed by atoms with Gasteiger partial charge in [0.1, 0.15) is 0 Å². The molecule has 1 atom stereocenters. The summed E-state index contributed by atoms with van der Waals surface area (Å²) in [6.45, 7) is 4.61. The number of nitrogens with zero attached hydrogens (tertiary/aromatic N) is 4. The standard InChI is InChI=1S/C15H19N5O2/c1-10-6-7-16-15(14(10)20(21)22)17-11(2)13-9-12-5-3-4-8-19(12)18-13/h6-7,9,11H,3-5,8H2,1-2H3,(H,16,17). The van der Waals surface area contributed by atoms with Gasteiger partial charge in [0.25, 0.3) is 0 Å². The van der Waals surface area contributed by atoms with Gasteiger partial charge in [0.2, 0.25) is 5.82 Å². The molecule has 0 fully saturated rings. The van der Waals surface area contributed by atoms with E-state index in [1.807, 2.05) is 11.6 Å². The van der Waals surface area contributed by atoms with Crippen molar-refractivity contribution in [2.45, 2.75) is 45.7 Å². The molecule has 1 aliphatic heterocycles. The second-order valence-corrected chi connectivity index (χ2v) is 5.69. The van der Waals surface area contributed by atoms with Crippen molar-refractivity contribution in [3.05, 3.63) is 45.4 Å². The van der Waals surface area contributed by atoms with Gasteiger partial charge in [-0.15, -0.1) is 0 Å². The molecule has 3 heterocycles. The molecule has 0 spiro atoms. The molecule has 7 heteroatoms. The number of hydrogen-bond acceptors (Lipinski definition) is 5. The number of rotatable bonds is 4. The zero-order chi connectivity index (χ0) is 15.7. The number of aromatic nitrogens is 3. The minimum Gasteiger partial charge on any atom is -0.356 e. The fourth-order valence-electron chi connectivity index (χ4n) is 2.82. The minimum absolute atomic E-state index is 0.0262. The molecule has 0 aromatic carbocycles. The van der Waals surface area contributed by atoms with Crippen LogP contribution in [-0.4, -0.2) is 19.7 Å². The largest absolute Gasteiger partial charge is 0.356 e. The van der Waals surface area contributed by atoms with Crippen LogP contribution in [0.25, 0.3) is 0 Å². The maximum absolute atomic E-state index is 11.2. The maximum atomic E-state index is 11.2. The first-order chi connectivity index (χ1) is 10.6. The van der Waals surface area contributed by atoms with E-state index in [0.29, 0.717) is 11.4 Å². The summed E-state index contributed by atoms with van der Waals surface area (Å²) in [6.07, 6.45) is 4.97. The zero-order valence-electron chi connectivity index (χ0n) is 12.7. The van der Waals surface area contributed by atoms with Crippen LogP contribution in [0.3, 0.4) is 0 Å². The van der Waals surface area contributed by atoms with Crippen LogP contribution in [0, 0.1) is 17.0 Å². The summed E-state index contributed by atoms with van der Waals surface area (Å²) in [5.74, 6) is 0.295. The lowest BCUT2D eigenvalue weighted by Gasteiger charge is -2.13. The van der Waals surface area contributed by atoms with E-state index in [-0.39, 0.29) is 11.7 Å². The number of pyridine rings is 1. The highest BCUT2D eigenvalue weighted by Crippen LogP contribution is 2.29. The quantitative estimate of drug-likeness (QED) is 0.693. The topological polar surface area (TPSA) is 85.9 Å². The highest BCUT2D eigenvalue weighted by molar-refractivity contribution is 5.60. The first kappa shape index (κ1) is 14.5. The van der Waals surface area contributed by atoms with Crippen LogP contribution in [0.15, 0.2) is 18.3 Å². The van der Waals surface area contributed by atoms with E-state index in [2.05, 4.69) is 21.5 Å². The fourth-order valence-corrected chi connectivity index (χ4v) is 2.82. The second kappa shape index (κ2) is 5.75. The van der Waals surface area contributed by atoms with Gasteiger partial charge in [-0.25, -0.2) is 4.98 Å². The molecule has 1 aliphatic rings. The van der Waals surface area contributed by atoms with Gasteiger partial charge in [-0.2, -0.15) is 5.10 Å². The number of hydrogen-bond donors (Lipinski definition) is 1. The molecule has 0 bridgehead atoms. The summed E-state index contributed by atoms with van der Waals surface area (Å²) in [5.41, 5.74) is 2.76. The average Bonchev–Trinajstić information content (AvgIpc) is 2.91. The van der Waals surface area contributed by atoms with Gasteiger partial charge < -0.3 is 5.32 Å². The van der Waals surface area contributed by atoms with E-state index in [4.69, 9.17) is 0 Å². The van der Waals surface area contributed by atoms with Crippen LogP contribution in [-0.2, 0) is 13.0 Å². The van der Waals surface area contributed by atoms with Crippen molar-refractivity contribution in [2.75, 3.05) is 5.32 Å². The Kier molecular flexibility index (Phi) is 3.79. The average molecular weight is 301 g/mol. The third kappa shape index (κ3) is 2.66. The molecule has 3 rings (SSSR count). The van der Waals surface area contributed by atoms with E-state index in [1.165, 1.54) is 12.1 Å². The normalized spacial score (nSPS) is 15.2. The fraction of sp³-hybridized carbons (Fsp3) is 0.467. The van der Waals surface area contributed by atoms with Gasteiger partial charge in [0.05, 0.1) is 16.7 Å². The third-order valence-corrected chi connectivity index (χ3v) is 4.04. The highest BCUT2D eigenvalue weighted by Gasteiger charge is 2.22. The lowest BCUT2D eigenvalue weighted by molar-refractivity contribution is -0.384. The Morgan fingerprint density at radius 2 is 2.27 bits per heavy atom. The SMILES string of the molecule is Cc1ccnc(NC(C)c2cc3n(n2)CCCC3)c1[N+](=O)[O-]. The Balaban J connectivity index is 1.85. The summed E-state index contributed by atoms with van der Waals surface area (Å²) in [5, 5.41) is 19.0. The lowest BCUT2D eigenvalue weighted by atomic mass is 10.1. The van der Waals surface area contributed by atoms with Crippen LogP contribution >= 0.6 is 0 Å². The molecule has 0 radical (unpaired) electrons. The molecule has 0 saturated heterocycles. The number of nitro groups is 1. The monoisotopic (exact) mass is 301 g/mol. The molecular formula is C15H19N5O2. The van der Waals surface area contributed by atoms with Crippen LogP contribution in [0.4, 0.5) is 11.5 Å². The lowest BCUT2D eigenvalue weighted by Crippen LogP contribution is -2.13. The van der Waals surface area contributed by atoms with E-state index < -0.39 is 4.92 Å². The van der Waals surface area contributed by atoms with Crippen LogP contribution in [0.2, 0.25) is 0 Å². The molecule has 7 nitrogen and oxygen atoms in total.